The highest BCUT2D eigenvalue weighted by Gasteiger charge is 2.41. The minimum absolute atomic E-state index is 0.166. The van der Waals surface area contributed by atoms with E-state index in [-0.39, 0.29) is 16.9 Å². The lowest BCUT2D eigenvalue weighted by atomic mass is 9.90. The maximum absolute atomic E-state index is 12.8. The summed E-state index contributed by atoms with van der Waals surface area (Å²) in [4.78, 5) is 14.8. The number of amides is 1. The first-order valence-electron chi connectivity index (χ1n) is 6.90. The molecule has 0 atom stereocenters. The zero-order valence-electron chi connectivity index (χ0n) is 12.4. The molecule has 1 saturated heterocycles. The molecular weight excluding hydrogens is 236 g/mol. The molecule has 0 aromatic heterocycles. The van der Waals surface area contributed by atoms with Crippen molar-refractivity contribution in [1.29, 1.82) is 0 Å². The Morgan fingerprint density at radius 2 is 1.74 bits per heavy atom. The van der Waals surface area contributed by atoms with E-state index < -0.39 is 0 Å². The van der Waals surface area contributed by atoms with Crippen LogP contribution in [-0.4, -0.2) is 29.4 Å². The molecule has 19 heavy (non-hydrogen) atoms. The fourth-order valence-corrected chi connectivity index (χ4v) is 2.54. The highest BCUT2D eigenvalue weighted by Crippen LogP contribution is 2.28. The third kappa shape index (κ3) is 2.98. The van der Waals surface area contributed by atoms with Crippen LogP contribution in [0.15, 0.2) is 30.3 Å². The van der Waals surface area contributed by atoms with E-state index in [1.165, 1.54) is 5.56 Å². The maximum Gasteiger partial charge on any atom is 0.230 e. The van der Waals surface area contributed by atoms with E-state index in [2.05, 4.69) is 31.3 Å². The Labute approximate surface area is 116 Å². The molecule has 0 saturated carbocycles. The minimum Gasteiger partial charge on any atom is -0.331 e. The third-order valence-corrected chi connectivity index (χ3v) is 3.86. The zero-order chi connectivity index (χ0) is 14.1. The summed E-state index contributed by atoms with van der Waals surface area (Å²) in [5.41, 5.74) is 0.671. The zero-order valence-corrected chi connectivity index (χ0v) is 12.4. The summed E-state index contributed by atoms with van der Waals surface area (Å²) in [6.07, 6.45) is 0. The Kier molecular flexibility index (Phi) is 3.68. The van der Waals surface area contributed by atoms with E-state index >= 15 is 0 Å². The smallest absolute Gasteiger partial charge is 0.230 e. The molecule has 0 aliphatic carbocycles. The molecule has 104 valence electrons. The van der Waals surface area contributed by atoms with Crippen molar-refractivity contribution in [3.63, 3.8) is 0 Å². The summed E-state index contributed by atoms with van der Waals surface area (Å²) >= 11 is 0. The normalized spacial score (nSPS) is 22.1. The molecular formula is C16H24N2O. The van der Waals surface area contributed by atoms with Gasteiger partial charge in [0.05, 0.1) is 11.0 Å². The fraction of sp³-hybridized carbons (Fsp3) is 0.562. The van der Waals surface area contributed by atoms with E-state index in [4.69, 9.17) is 0 Å². The highest BCUT2D eigenvalue weighted by molar-refractivity contribution is 5.83. The van der Waals surface area contributed by atoms with Gasteiger partial charge in [-0.3, -0.25) is 4.79 Å². The topological polar surface area (TPSA) is 32.3 Å². The van der Waals surface area contributed by atoms with Crippen LogP contribution in [0, 0.1) is 5.41 Å². The molecule has 2 rings (SSSR count). The lowest BCUT2D eigenvalue weighted by Gasteiger charge is -2.39. The van der Waals surface area contributed by atoms with E-state index in [1.54, 1.807) is 0 Å². The van der Waals surface area contributed by atoms with Crippen LogP contribution in [0.5, 0.6) is 0 Å². The average molecular weight is 260 g/mol. The number of carbonyl (C=O) groups excluding carboxylic acids is 1. The molecule has 0 radical (unpaired) electrons. The fourth-order valence-electron chi connectivity index (χ4n) is 2.54. The van der Waals surface area contributed by atoms with Crippen LogP contribution >= 0.6 is 0 Å². The van der Waals surface area contributed by atoms with Gasteiger partial charge in [0.1, 0.15) is 0 Å². The predicted octanol–water partition coefficient (Wildman–Crippen LogP) is 2.42. The summed E-state index contributed by atoms with van der Waals surface area (Å²) < 4.78 is 0. The van der Waals surface area contributed by atoms with Crippen molar-refractivity contribution in [3.05, 3.63) is 35.9 Å². The second kappa shape index (κ2) is 4.97. The number of nitrogens with zero attached hydrogens (tertiary/aromatic N) is 1. The number of hydrogen-bond acceptors (Lipinski definition) is 2. The Morgan fingerprint density at radius 1 is 1.11 bits per heavy atom. The Morgan fingerprint density at radius 3 is 2.37 bits per heavy atom. The lowest BCUT2D eigenvalue weighted by molar-refractivity contribution is -0.144. The first-order chi connectivity index (χ1) is 8.83. The largest absolute Gasteiger partial charge is 0.331 e. The molecule has 0 unspecified atom stereocenters. The van der Waals surface area contributed by atoms with Gasteiger partial charge in [-0.05, 0) is 33.3 Å². The molecule has 1 aromatic carbocycles. The first kappa shape index (κ1) is 14.1. The molecule has 3 heteroatoms. The third-order valence-electron chi connectivity index (χ3n) is 3.86. The average Bonchev–Trinajstić information content (AvgIpc) is 2.41. The van der Waals surface area contributed by atoms with Crippen molar-refractivity contribution in [2.45, 2.75) is 39.8 Å². The van der Waals surface area contributed by atoms with Gasteiger partial charge in [-0.2, -0.15) is 0 Å². The SMILES string of the molecule is CC1(C)CNCC(C)(C)N(Cc2ccccc2)C1=O. The number of nitrogens with one attached hydrogen (secondary N) is 1. The second-order valence-corrected chi connectivity index (χ2v) is 6.68. The molecule has 1 N–H and O–H groups in total. The van der Waals surface area contributed by atoms with Crippen LogP contribution in [-0.2, 0) is 11.3 Å². The Bertz CT molecular complexity index is 451. The van der Waals surface area contributed by atoms with Crippen molar-refractivity contribution < 1.29 is 4.79 Å². The molecule has 1 fully saturated rings. The summed E-state index contributed by atoms with van der Waals surface area (Å²) in [6, 6.07) is 10.2. The van der Waals surface area contributed by atoms with E-state index in [0.29, 0.717) is 6.54 Å². The van der Waals surface area contributed by atoms with Crippen molar-refractivity contribution in [1.82, 2.24) is 10.2 Å². The summed E-state index contributed by atoms with van der Waals surface area (Å²) in [5.74, 6) is 0.228. The molecule has 1 aromatic rings. The van der Waals surface area contributed by atoms with E-state index in [9.17, 15) is 4.79 Å². The Balaban J connectivity index is 2.29. The highest BCUT2D eigenvalue weighted by atomic mass is 16.2. The first-order valence-corrected chi connectivity index (χ1v) is 6.90. The molecule has 1 amide bonds. The standard InChI is InChI=1S/C16H24N2O/c1-15(2)11-17-12-16(3,4)18(14(15)19)10-13-8-6-5-7-9-13/h5-9,17H,10-12H2,1-4H3. The van der Waals surface area contributed by atoms with Gasteiger partial charge in [0.15, 0.2) is 0 Å². The van der Waals surface area contributed by atoms with Gasteiger partial charge in [-0.25, -0.2) is 0 Å². The van der Waals surface area contributed by atoms with Crippen molar-refractivity contribution in [2.75, 3.05) is 13.1 Å². The quantitative estimate of drug-likeness (QED) is 0.885. The molecule has 1 aliphatic rings. The summed E-state index contributed by atoms with van der Waals surface area (Å²) in [5, 5.41) is 3.41. The number of carbonyl (C=O) groups is 1. The van der Waals surface area contributed by atoms with Gasteiger partial charge in [0.2, 0.25) is 5.91 Å². The number of hydrogen-bond donors (Lipinski definition) is 1. The van der Waals surface area contributed by atoms with Crippen molar-refractivity contribution in [2.24, 2.45) is 5.41 Å². The molecule has 1 aliphatic heterocycles. The predicted molar refractivity (Wildman–Crippen MR) is 77.7 cm³/mol. The van der Waals surface area contributed by atoms with Gasteiger partial charge in [-0.15, -0.1) is 0 Å². The van der Waals surface area contributed by atoms with Gasteiger partial charge in [0.25, 0.3) is 0 Å². The monoisotopic (exact) mass is 260 g/mol. The van der Waals surface area contributed by atoms with Gasteiger partial charge in [0, 0.05) is 19.6 Å². The van der Waals surface area contributed by atoms with Gasteiger partial charge in [-0.1, -0.05) is 30.3 Å². The summed E-state index contributed by atoms with van der Waals surface area (Å²) in [6.45, 7) is 10.5. The van der Waals surface area contributed by atoms with Crippen LogP contribution in [0.3, 0.4) is 0 Å². The van der Waals surface area contributed by atoms with Gasteiger partial charge >= 0.3 is 0 Å². The van der Waals surface area contributed by atoms with E-state index in [0.717, 1.165) is 13.1 Å². The van der Waals surface area contributed by atoms with Crippen molar-refractivity contribution >= 4 is 5.91 Å². The van der Waals surface area contributed by atoms with Crippen LogP contribution in [0.4, 0.5) is 0 Å². The second-order valence-electron chi connectivity index (χ2n) is 6.68. The molecule has 0 spiro atoms. The maximum atomic E-state index is 12.8. The van der Waals surface area contributed by atoms with E-state index in [1.807, 2.05) is 36.9 Å². The van der Waals surface area contributed by atoms with Crippen LogP contribution in [0.25, 0.3) is 0 Å². The number of benzene rings is 1. The lowest BCUT2D eigenvalue weighted by Crippen LogP contribution is -2.52. The summed E-state index contributed by atoms with van der Waals surface area (Å²) in [7, 11) is 0. The molecule has 0 bridgehead atoms. The number of rotatable bonds is 2. The van der Waals surface area contributed by atoms with Crippen LogP contribution in [0.1, 0.15) is 33.3 Å². The van der Waals surface area contributed by atoms with Crippen LogP contribution in [0.2, 0.25) is 0 Å². The Hall–Kier alpha value is -1.35. The van der Waals surface area contributed by atoms with Crippen LogP contribution < -0.4 is 5.32 Å². The molecule has 3 nitrogen and oxygen atoms in total. The van der Waals surface area contributed by atoms with Crippen molar-refractivity contribution in [3.8, 4) is 0 Å². The minimum atomic E-state index is -0.345. The van der Waals surface area contributed by atoms with Gasteiger partial charge < -0.3 is 10.2 Å². The molecule has 1 heterocycles.